The van der Waals surface area contributed by atoms with Gasteiger partial charge in [0, 0.05) is 38.2 Å². The van der Waals surface area contributed by atoms with Crippen LogP contribution in [0.3, 0.4) is 0 Å². The fourth-order valence-corrected chi connectivity index (χ4v) is 2.56. The van der Waals surface area contributed by atoms with Gasteiger partial charge in [0.15, 0.2) is 11.5 Å². The molecule has 120 valence electrons. The van der Waals surface area contributed by atoms with Crippen molar-refractivity contribution >= 4 is 5.91 Å². The quantitative estimate of drug-likeness (QED) is 0.896. The van der Waals surface area contributed by atoms with Crippen LogP contribution < -0.4 is 14.8 Å². The zero-order valence-corrected chi connectivity index (χ0v) is 12.7. The predicted molar refractivity (Wildman–Crippen MR) is 81.6 cm³/mol. The number of rotatable bonds is 4. The average Bonchev–Trinajstić information content (AvgIpc) is 2.80. The molecule has 0 atom stereocenters. The monoisotopic (exact) mass is 306 g/mol. The Hall–Kier alpha value is -1.79. The number of benzene rings is 1. The van der Waals surface area contributed by atoms with Crippen LogP contribution in [0.5, 0.6) is 11.5 Å². The number of nitrogens with zero attached hydrogens (tertiary/aromatic N) is 1. The van der Waals surface area contributed by atoms with E-state index < -0.39 is 0 Å². The van der Waals surface area contributed by atoms with Gasteiger partial charge in [-0.1, -0.05) is 0 Å². The summed E-state index contributed by atoms with van der Waals surface area (Å²) in [7, 11) is 0. The van der Waals surface area contributed by atoms with E-state index in [4.69, 9.17) is 14.2 Å². The highest BCUT2D eigenvalue weighted by Gasteiger charge is 2.15. The molecule has 1 N–H and O–H groups in total. The summed E-state index contributed by atoms with van der Waals surface area (Å²) < 4.78 is 16.5. The lowest BCUT2D eigenvalue weighted by Crippen LogP contribution is -2.41. The molecule has 2 heterocycles. The number of ether oxygens (including phenoxy) is 3. The van der Waals surface area contributed by atoms with Gasteiger partial charge in [-0.05, 0) is 18.2 Å². The first kappa shape index (κ1) is 15.1. The number of amides is 1. The molecular weight excluding hydrogens is 284 g/mol. The molecule has 2 aliphatic heterocycles. The van der Waals surface area contributed by atoms with E-state index in [0.29, 0.717) is 36.8 Å². The van der Waals surface area contributed by atoms with Crippen LogP contribution in [-0.2, 0) is 4.74 Å². The van der Waals surface area contributed by atoms with Crippen LogP contribution >= 0.6 is 0 Å². The molecule has 0 bridgehead atoms. The van der Waals surface area contributed by atoms with E-state index in [0.717, 1.165) is 39.3 Å². The molecule has 0 unspecified atom stereocenters. The molecule has 0 aromatic heterocycles. The van der Waals surface area contributed by atoms with Crippen LogP contribution in [0.1, 0.15) is 16.8 Å². The van der Waals surface area contributed by atoms with Gasteiger partial charge in [0.2, 0.25) is 0 Å². The third-order valence-electron chi connectivity index (χ3n) is 3.83. The molecule has 1 amide bonds. The normalized spacial score (nSPS) is 18.5. The molecule has 1 aromatic carbocycles. The fourth-order valence-electron chi connectivity index (χ4n) is 2.56. The number of carbonyl (C=O) groups is 1. The van der Waals surface area contributed by atoms with Gasteiger partial charge in [-0.25, -0.2) is 0 Å². The highest BCUT2D eigenvalue weighted by atomic mass is 16.5. The van der Waals surface area contributed by atoms with Crippen LogP contribution in [0.2, 0.25) is 0 Å². The molecule has 3 rings (SSSR count). The number of carbonyl (C=O) groups excluding carboxylic acids is 1. The highest BCUT2D eigenvalue weighted by Crippen LogP contribution is 2.30. The summed E-state index contributed by atoms with van der Waals surface area (Å²) in [6.07, 6.45) is 0.857. The summed E-state index contributed by atoms with van der Waals surface area (Å²) in [5.74, 6) is 1.28. The van der Waals surface area contributed by atoms with Gasteiger partial charge in [0.05, 0.1) is 26.4 Å². The summed E-state index contributed by atoms with van der Waals surface area (Å²) in [5.41, 5.74) is 0.603. The second kappa shape index (κ2) is 7.47. The first-order chi connectivity index (χ1) is 10.8. The van der Waals surface area contributed by atoms with Gasteiger partial charge in [-0.15, -0.1) is 0 Å². The summed E-state index contributed by atoms with van der Waals surface area (Å²) in [6.45, 7) is 6.16. The van der Waals surface area contributed by atoms with Crippen molar-refractivity contribution in [3.05, 3.63) is 23.8 Å². The molecule has 6 heteroatoms. The molecule has 2 aliphatic rings. The van der Waals surface area contributed by atoms with Gasteiger partial charge in [0.25, 0.3) is 5.91 Å². The van der Waals surface area contributed by atoms with Crippen molar-refractivity contribution in [1.29, 1.82) is 0 Å². The van der Waals surface area contributed by atoms with E-state index in [2.05, 4.69) is 10.2 Å². The van der Waals surface area contributed by atoms with E-state index in [1.165, 1.54) is 0 Å². The van der Waals surface area contributed by atoms with E-state index in [1.54, 1.807) is 18.2 Å². The minimum absolute atomic E-state index is 0.0797. The number of hydrogen-bond donors (Lipinski definition) is 1. The van der Waals surface area contributed by atoms with Crippen molar-refractivity contribution in [2.45, 2.75) is 6.42 Å². The molecule has 0 spiro atoms. The standard InChI is InChI=1S/C16H22N2O4/c19-16(17-4-5-18-6-10-20-11-7-18)13-2-3-14-15(12-13)22-9-1-8-21-14/h2-3,12H,1,4-11H2,(H,17,19). The Morgan fingerprint density at radius 2 is 1.86 bits per heavy atom. The topological polar surface area (TPSA) is 60.0 Å². The minimum Gasteiger partial charge on any atom is -0.490 e. The van der Waals surface area contributed by atoms with Crippen molar-refractivity contribution < 1.29 is 19.0 Å². The van der Waals surface area contributed by atoms with Crippen molar-refractivity contribution in [3.8, 4) is 11.5 Å². The zero-order valence-electron chi connectivity index (χ0n) is 12.7. The fraction of sp³-hybridized carbons (Fsp3) is 0.562. The Morgan fingerprint density at radius 1 is 1.09 bits per heavy atom. The van der Waals surface area contributed by atoms with Crippen molar-refractivity contribution in [2.75, 3.05) is 52.6 Å². The maximum atomic E-state index is 12.2. The van der Waals surface area contributed by atoms with Gasteiger partial charge in [-0.2, -0.15) is 0 Å². The zero-order chi connectivity index (χ0) is 15.2. The van der Waals surface area contributed by atoms with Crippen LogP contribution in [0.25, 0.3) is 0 Å². The molecule has 0 radical (unpaired) electrons. The largest absolute Gasteiger partial charge is 0.490 e. The SMILES string of the molecule is O=C(NCCN1CCOCC1)c1ccc2c(c1)OCCCO2. The van der Waals surface area contributed by atoms with E-state index in [1.807, 2.05) is 0 Å². The Kier molecular flexibility index (Phi) is 5.13. The Labute approximate surface area is 130 Å². The Bertz CT molecular complexity index is 515. The lowest BCUT2D eigenvalue weighted by molar-refractivity contribution is 0.0383. The molecular formula is C16H22N2O4. The van der Waals surface area contributed by atoms with Crippen molar-refractivity contribution in [1.82, 2.24) is 10.2 Å². The van der Waals surface area contributed by atoms with Gasteiger partial charge in [-0.3, -0.25) is 9.69 Å². The van der Waals surface area contributed by atoms with Crippen molar-refractivity contribution in [3.63, 3.8) is 0 Å². The maximum absolute atomic E-state index is 12.2. The van der Waals surface area contributed by atoms with Crippen molar-refractivity contribution in [2.24, 2.45) is 0 Å². The summed E-state index contributed by atoms with van der Waals surface area (Å²) in [6, 6.07) is 5.33. The Morgan fingerprint density at radius 3 is 2.68 bits per heavy atom. The average molecular weight is 306 g/mol. The number of fused-ring (bicyclic) bond motifs is 1. The smallest absolute Gasteiger partial charge is 0.251 e. The molecule has 6 nitrogen and oxygen atoms in total. The molecule has 1 fully saturated rings. The first-order valence-electron chi connectivity index (χ1n) is 7.81. The second-order valence-corrected chi connectivity index (χ2v) is 5.42. The van der Waals surface area contributed by atoms with Crippen LogP contribution in [0.15, 0.2) is 18.2 Å². The first-order valence-corrected chi connectivity index (χ1v) is 7.81. The lowest BCUT2D eigenvalue weighted by Gasteiger charge is -2.26. The molecule has 1 aromatic rings. The van der Waals surface area contributed by atoms with E-state index in [-0.39, 0.29) is 5.91 Å². The summed E-state index contributed by atoms with van der Waals surface area (Å²) >= 11 is 0. The van der Waals surface area contributed by atoms with E-state index >= 15 is 0 Å². The van der Waals surface area contributed by atoms with Crippen LogP contribution in [0, 0.1) is 0 Å². The molecule has 22 heavy (non-hydrogen) atoms. The molecule has 1 saturated heterocycles. The Balaban J connectivity index is 1.52. The lowest BCUT2D eigenvalue weighted by atomic mass is 10.2. The summed E-state index contributed by atoms with van der Waals surface area (Å²) in [4.78, 5) is 14.5. The predicted octanol–water partition coefficient (Wildman–Crippen LogP) is 0.910. The second-order valence-electron chi connectivity index (χ2n) is 5.42. The van der Waals surface area contributed by atoms with Crippen LogP contribution in [-0.4, -0.2) is 63.4 Å². The number of hydrogen-bond acceptors (Lipinski definition) is 5. The highest BCUT2D eigenvalue weighted by molar-refractivity contribution is 5.94. The van der Waals surface area contributed by atoms with Crippen LogP contribution in [0.4, 0.5) is 0 Å². The van der Waals surface area contributed by atoms with E-state index in [9.17, 15) is 4.79 Å². The van der Waals surface area contributed by atoms with Gasteiger partial charge < -0.3 is 19.5 Å². The number of nitrogens with one attached hydrogen (secondary N) is 1. The third kappa shape index (κ3) is 3.90. The molecule has 0 aliphatic carbocycles. The van der Waals surface area contributed by atoms with Gasteiger partial charge >= 0.3 is 0 Å². The minimum atomic E-state index is -0.0797. The molecule has 0 saturated carbocycles. The summed E-state index contributed by atoms with van der Waals surface area (Å²) in [5, 5.41) is 2.95. The number of morpholine rings is 1. The van der Waals surface area contributed by atoms with Gasteiger partial charge in [0.1, 0.15) is 0 Å². The maximum Gasteiger partial charge on any atom is 0.251 e. The third-order valence-corrected chi connectivity index (χ3v) is 3.83.